The lowest BCUT2D eigenvalue weighted by molar-refractivity contribution is 0.0170. The lowest BCUT2D eigenvalue weighted by Crippen LogP contribution is -2.32. The first kappa shape index (κ1) is 27.5. The molecule has 2 aromatic rings. The Morgan fingerprint density at radius 1 is 1.07 bits per heavy atom. The van der Waals surface area contributed by atoms with Crippen molar-refractivity contribution in [1.29, 1.82) is 0 Å². The van der Waals surface area contributed by atoms with Crippen LogP contribution in [0.25, 0.3) is 5.69 Å². The summed E-state index contributed by atoms with van der Waals surface area (Å²) < 4.78 is 23.9. The van der Waals surface area contributed by atoms with Crippen LogP contribution in [0.3, 0.4) is 0 Å². The van der Waals surface area contributed by atoms with E-state index in [1.807, 2.05) is 6.07 Å². The number of halogens is 1. The Balaban J connectivity index is 1.23. The second-order valence-electron chi connectivity index (χ2n) is 13.1. The number of ketones is 1. The van der Waals surface area contributed by atoms with Crippen molar-refractivity contribution in [3.05, 3.63) is 46.0 Å². The predicted octanol–water partition coefficient (Wildman–Crippen LogP) is 5.19. The van der Waals surface area contributed by atoms with Crippen LogP contribution < -0.4 is 11.1 Å². The number of hydrogen-bond acceptors (Lipinski definition) is 5. The van der Waals surface area contributed by atoms with E-state index in [1.54, 1.807) is 0 Å². The van der Waals surface area contributed by atoms with Crippen LogP contribution in [0.5, 0.6) is 0 Å². The summed E-state index contributed by atoms with van der Waals surface area (Å²) in [6.07, 6.45) is 10.5. The van der Waals surface area contributed by atoms with E-state index in [2.05, 4.69) is 28.6 Å². The van der Waals surface area contributed by atoms with Crippen LogP contribution in [0.2, 0.25) is 0 Å². The summed E-state index contributed by atoms with van der Waals surface area (Å²) in [5.41, 5.74) is 10.6. The Morgan fingerprint density at radius 2 is 1.82 bits per heavy atom. The van der Waals surface area contributed by atoms with E-state index < -0.39 is 11.7 Å². The molecule has 216 valence electrons. The summed E-state index contributed by atoms with van der Waals surface area (Å²) in [5, 5.41) is 3.48. The average molecular weight is 551 g/mol. The monoisotopic (exact) mass is 550 g/mol. The molecule has 0 spiro atoms. The first-order valence-corrected chi connectivity index (χ1v) is 15.2. The van der Waals surface area contributed by atoms with Gasteiger partial charge in [-0.05, 0) is 100 Å². The second-order valence-corrected chi connectivity index (χ2v) is 13.1. The third kappa shape index (κ3) is 5.32. The minimum absolute atomic E-state index is 0.0955. The molecule has 1 aromatic heterocycles. The number of rotatable bonds is 8. The molecule has 1 saturated heterocycles. The zero-order valence-corrected chi connectivity index (χ0v) is 24.0. The van der Waals surface area contributed by atoms with Gasteiger partial charge in [0.25, 0.3) is 5.91 Å². The van der Waals surface area contributed by atoms with Crippen molar-refractivity contribution in [2.75, 3.05) is 31.6 Å². The van der Waals surface area contributed by atoms with Crippen molar-refractivity contribution < 1.29 is 18.7 Å². The predicted molar refractivity (Wildman–Crippen MR) is 154 cm³/mol. The first-order valence-electron chi connectivity index (χ1n) is 15.2. The maximum absolute atomic E-state index is 15.6. The van der Waals surface area contributed by atoms with E-state index in [0.29, 0.717) is 17.8 Å². The fourth-order valence-electron chi connectivity index (χ4n) is 7.57. The van der Waals surface area contributed by atoms with Gasteiger partial charge in [-0.25, -0.2) is 4.39 Å². The zero-order valence-electron chi connectivity index (χ0n) is 24.0. The first-order chi connectivity index (χ1) is 19.2. The van der Waals surface area contributed by atoms with Gasteiger partial charge in [0.15, 0.2) is 5.78 Å². The summed E-state index contributed by atoms with van der Waals surface area (Å²) in [7, 11) is 0. The van der Waals surface area contributed by atoms with Gasteiger partial charge < -0.3 is 25.3 Å². The number of hydrogen-bond donors (Lipinski definition) is 2. The molecule has 0 atom stereocenters. The van der Waals surface area contributed by atoms with E-state index in [1.165, 1.54) is 32.0 Å². The summed E-state index contributed by atoms with van der Waals surface area (Å²) in [5.74, 6) is -1.21. The molecule has 1 amide bonds. The summed E-state index contributed by atoms with van der Waals surface area (Å²) in [6.45, 7) is 8.37. The highest BCUT2D eigenvalue weighted by Gasteiger charge is 2.39. The van der Waals surface area contributed by atoms with E-state index in [-0.39, 0.29) is 28.9 Å². The normalized spacial score (nSPS) is 24.2. The quantitative estimate of drug-likeness (QED) is 0.472. The van der Waals surface area contributed by atoms with Crippen molar-refractivity contribution in [2.45, 2.75) is 96.6 Å². The Labute approximate surface area is 236 Å². The molecule has 2 heterocycles. The van der Waals surface area contributed by atoms with Crippen LogP contribution >= 0.6 is 0 Å². The molecule has 1 aromatic carbocycles. The average Bonchev–Trinajstić information content (AvgIpc) is 3.62. The van der Waals surface area contributed by atoms with Gasteiger partial charge >= 0.3 is 0 Å². The topological polar surface area (TPSA) is 89.6 Å². The third-order valence-electron chi connectivity index (χ3n) is 9.46. The number of fused-ring (bicyclic) bond motifs is 3. The molecular weight excluding hydrogens is 507 g/mol. The van der Waals surface area contributed by atoms with Gasteiger partial charge in [0.1, 0.15) is 5.82 Å². The fourth-order valence-corrected chi connectivity index (χ4v) is 7.57. The number of nitrogens with one attached hydrogen (secondary N) is 1. The van der Waals surface area contributed by atoms with Crippen LogP contribution in [0.15, 0.2) is 12.1 Å². The maximum atomic E-state index is 15.6. The Hall–Kier alpha value is -2.71. The third-order valence-corrected chi connectivity index (χ3v) is 9.46. The minimum atomic E-state index is -0.776. The van der Waals surface area contributed by atoms with Gasteiger partial charge in [0, 0.05) is 36.0 Å². The van der Waals surface area contributed by atoms with Crippen molar-refractivity contribution >= 4 is 17.4 Å². The van der Waals surface area contributed by atoms with Crippen LogP contribution in [0.1, 0.15) is 103 Å². The Morgan fingerprint density at radius 3 is 2.55 bits per heavy atom. The van der Waals surface area contributed by atoms with Crippen LogP contribution in [0.4, 0.5) is 10.1 Å². The maximum Gasteiger partial charge on any atom is 0.253 e. The fraction of sp³-hybridized carbons (Fsp3) is 0.625. The summed E-state index contributed by atoms with van der Waals surface area (Å²) in [4.78, 5) is 28.1. The van der Waals surface area contributed by atoms with E-state index in [4.69, 9.17) is 10.5 Å². The SMILES string of the molecule is CC1(C)CC(=O)c2c3c(n(-c4cc(F)c(C(N)=O)c(N[C@H]5CC[C@H](OCCN6CCCC6)CC5)c4)c2C1)CCC3. The van der Waals surface area contributed by atoms with Gasteiger partial charge in [0.2, 0.25) is 0 Å². The van der Waals surface area contributed by atoms with Gasteiger partial charge in [-0.15, -0.1) is 0 Å². The molecule has 3 aliphatic carbocycles. The van der Waals surface area contributed by atoms with E-state index >= 15 is 4.39 Å². The summed E-state index contributed by atoms with van der Waals surface area (Å²) >= 11 is 0. The number of benzene rings is 1. The Kier molecular flexibility index (Phi) is 7.51. The van der Waals surface area contributed by atoms with Crippen molar-refractivity contribution in [3.8, 4) is 5.69 Å². The number of amides is 1. The zero-order chi connectivity index (χ0) is 28.0. The lowest BCUT2D eigenvalue weighted by Gasteiger charge is -2.31. The van der Waals surface area contributed by atoms with Gasteiger partial charge in [-0.2, -0.15) is 0 Å². The number of primary amides is 1. The smallest absolute Gasteiger partial charge is 0.253 e. The highest BCUT2D eigenvalue weighted by Crippen LogP contribution is 2.43. The van der Waals surface area contributed by atoms with Crippen LogP contribution in [-0.2, 0) is 24.0 Å². The van der Waals surface area contributed by atoms with E-state index in [9.17, 15) is 9.59 Å². The lowest BCUT2D eigenvalue weighted by atomic mass is 9.75. The molecule has 2 fully saturated rings. The number of nitrogens with zero attached hydrogens (tertiary/aromatic N) is 2. The molecule has 8 heteroatoms. The molecular formula is C32H43FN4O3. The number of aromatic nitrogens is 1. The van der Waals surface area contributed by atoms with Crippen molar-refractivity contribution in [1.82, 2.24) is 9.47 Å². The second kappa shape index (κ2) is 10.9. The molecule has 6 rings (SSSR count). The highest BCUT2D eigenvalue weighted by atomic mass is 19.1. The number of anilines is 1. The molecule has 40 heavy (non-hydrogen) atoms. The molecule has 1 aliphatic heterocycles. The molecule has 0 unspecified atom stereocenters. The number of carbonyl (C=O) groups is 2. The molecule has 4 aliphatic rings. The molecule has 0 radical (unpaired) electrons. The number of Topliss-reactive ketones (excluding diaryl/α,β-unsaturated/α-hetero) is 1. The number of likely N-dealkylation sites (tertiary alicyclic amines) is 1. The Bertz CT molecular complexity index is 1300. The number of nitrogens with two attached hydrogens (primary N) is 1. The van der Waals surface area contributed by atoms with Gasteiger partial charge in [-0.1, -0.05) is 13.8 Å². The van der Waals surface area contributed by atoms with Crippen LogP contribution in [-0.4, -0.2) is 59.5 Å². The van der Waals surface area contributed by atoms with Gasteiger partial charge in [-0.3, -0.25) is 9.59 Å². The minimum Gasteiger partial charge on any atom is -0.382 e. The molecule has 7 nitrogen and oxygen atoms in total. The molecule has 3 N–H and O–H groups in total. The van der Waals surface area contributed by atoms with Crippen molar-refractivity contribution in [2.24, 2.45) is 11.1 Å². The molecule has 0 bridgehead atoms. The van der Waals surface area contributed by atoms with Crippen molar-refractivity contribution in [3.63, 3.8) is 0 Å². The number of ether oxygens (including phenoxy) is 1. The highest BCUT2D eigenvalue weighted by molar-refractivity contribution is 6.01. The largest absolute Gasteiger partial charge is 0.382 e. The number of carbonyl (C=O) groups excluding carboxylic acids is 2. The standard InChI is InChI=1S/C32H43FN4O3/c1-32(2)18-27-29(28(38)19-32)23-6-5-7-26(23)37(27)21-16-24(33)30(31(34)39)25(17-21)35-20-8-10-22(11-9-20)40-15-14-36-12-3-4-13-36/h16-17,20,22,35H,3-15,18-19H2,1-2H3,(H2,34,39)/t20-,22-. The summed E-state index contributed by atoms with van der Waals surface area (Å²) in [6, 6.07) is 3.39. The van der Waals surface area contributed by atoms with Gasteiger partial charge in [0.05, 0.1) is 29.6 Å². The van der Waals surface area contributed by atoms with E-state index in [0.717, 1.165) is 87.0 Å². The van der Waals surface area contributed by atoms with Crippen LogP contribution in [0, 0.1) is 11.2 Å². The molecule has 1 saturated carbocycles.